The van der Waals surface area contributed by atoms with Crippen LogP contribution in [0.25, 0.3) is 21.7 Å². The van der Waals surface area contributed by atoms with Gasteiger partial charge in [-0.1, -0.05) is 44.2 Å². The third-order valence-corrected chi connectivity index (χ3v) is 5.52. The Morgan fingerprint density at radius 2 is 1.63 bits per heavy atom. The van der Waals surface area contributed by atoms with Gasteiger partial charge in [-0.05, 0) is 41.8 Å². The summed E-state index contributed by atoms with van der Waals surface area (Å²) in [7, 11) is 1.52. The highest BCUT2D eigenvalue weighted by molar-refractivity contribution is 6.05. The number of carbonyl (C=O) groups is 2. The number of alkyl carbamates (subject to hydrolysis) is 1. The molecule has 8 heteroatoms. The number of nitrogens with one attached hydrogen (secondary N) is 1. The summed E-state index contributed by atoms with van der Waals surface area (Å²) in [6, 6.07) is 18.2. The van der Waals surface area contributed by atoms with E-state index in [2.05, 4.69) is 5.32 Å². The van der Waals surface area contributed by atoms with Gasteiger partial charge in [0.25, 0.3) is 0 Å². The number of methoxy groups -OCH3 is 1. The Bertz CT molecular complexity index is 1430. The summed E-state index contributed by atoms with van der Waals surface area (Å²) in [5.74, 6) is -0.194. The van der Waals surface area contributed by atoms with Gasteiger partial charge in [0.1, 0.15) is 29.7 Å². The highest BCUT2D eigenvalue weighted by Crippen LogP contribution is 2.28. The van der Waals surface area contributed by atoms with Crippen molar-refractivity contribution in [3.8, 4) is 11.5 Å². The molecule has 0 unspecified atom stereocenters. The molecule has 8 nitrogen and oxygen atoms in total. The molecule has 0 fully saturated rings. The lowest BCUT2D eigenvalue weighted by atomic mass is 10.0. The fourth-order valence-electron chi connectivity index (χ4n) is 3.65. The normalized spacial score (nSPS) is 11.9. The van der Waals surface area contributed by atoms with Crippen LogP contribution in [0.1, 0.15) is 19.4 Å². The van der Waals surface area contributed by atoms with Crippen molar-refractivity contribution < 1.29 is 28.2 Å². The van der Waals surface area contributed by atoms with E-state index in [0.717, 1.165) is 5.56 Å². The quantitative estimate of drug-likeness (QED) is 0.177. The van der Waals surface area contributed by atoms with Gasteiger partial charge in [0, 0.05) is 16.8 Å². The molecule has 0 spiro atoms. The number of hydrogen-bond acceptors (Lipinski definition) is 7. The van der Waals surface area contributed by atoms with E-state index in [1.807, 2.05) is 30.3 Å². The van der Waals surface area contributed by atoms with Crippen LogP contribution in [0.3, 0.4) is 0 Å². The van der Waals surface area contributed by atoms with Crippen molar-refractivity contribution in [2.45, 2.75) is 26.5 Å². The molecule has 4 aromatic rings. The average Bonchev–Trinajstić information content (AvgIpc) is 2.86. The largest absolute Gasteiger partial charge is 0.497 e. The molecular weight excluding hydrogens is 450 g/mol. The van der Waals surface area contributed by atoms with E-state index in [4.69, 9.17) is 18.6 Å². The van der Waals surface area contributed by atoms with Gasteiger partial charge in [-0.15, -0.1) is 0 Å². The third kappa shape index (κ3) is 5.43. The second-order valence-corrected chi connectivity index (χ2v) is 8.31. The monoisotopic (exact) mass is 475 g/mol. The number of ether oxygens (including phenoxy) is 3. The summed E-state index contributed by atoms with van der Waals surface area (Å²) in [6.07, 6.45) is -0.726. The summed E-state index contributed by atoms with van der Waals surface area (Å²) in [4.78, 5) is 37.6. The highest BCUT2D eigenvalue weighted by Gasteiger charge is 2.27. The van der Waals surface area contributed by atoms with Crippen LogP contribution in [0.15, 0.2) is 75.9 Å². The van der Waals surface area contributed by atoms with Crippen molar-refractivity contribution in [3.63, 3.8) is 0 Å². The van der Waals surface area contributed by atoms with Gasteiger partial charge in [-0.25, -0.2) is 14.4 Å². The molecule has 0 aliphatic rings. The van der Waals surface area contributed by atoms with Crippen LogP contribution >= 0.6 is 0 Å². The third-order valence-electron chi connectivity index (χ3n) is 5.52. The average molecular weight is 475 g/mol. The molecule has 1 atom stereocenters. The molecule has 1 aromatic heterocycles. The Kier molecular flexibility index (Phi) is 7.01. The fourth-order valence-corrected chi connectivity index (χ4v) is 3.65. The zero-order valence-electron chi connectivity index (χ0n) is 19.6. The van der Waals surface area contributed by atoms with E-state index in [9.17, 15) is 14.4 Å². The molecule has 0 saturated heterocycles. The van der Waals surface area contributed by atoms with E-state index in [-0.39, 0.29) is 23.9 Å². The molecule has 0 radical (unpaired) electrons. The number of amides is 1. The standard InChI is InChI=1S/C27H25NO7/c1-16(2)24(28-27(31)33-15-17-7-5-4-6-8-17)26(30)34-19-10-12-21-20-11-9-18(32-3)13-22(20)25(29)35-23(21)14-19/h4-14,16,24H,15H2,1-3H3,(H,28,31)/t24-/m0/s1. The lowest BCUT2D eigenvalue weighted by molar-refractivity contribution is -0.137. The predicted octanol–water partition coefficient (Wildman–Crippen LogP) is 4.81. The minimum Gasteiger partial charge on any atom is -0.497 e. The molecule has 0 aliphatic carbocycles. The van der Waals surface area contributed by atoms with Crippen LogP contribution in [0.4, 0.5) is 4.79 Å². The van der Waals surface area contributed by atoms with E-state index < -0.39 is 23.7 Å². The smallest absolute Gasteiger partial charge is 0.408 e. The van der Waals surface area contributed by atoms with Crippen molar-refractivity contribution in [1.82, 2.24) is 5.32 Å². The molecule has 0 bridgehead atoms. The number of hydrogen-bond donors (Lipinski definition) is 1. The zero-order valence-corrected chi connectivity index (χ0v) is 19.6. The van der Waals surface area contributed by atoms with Gasteiger partial charge >= 0.3 is 17.7 Å². The summed E-state index contributed by atoms with van der Waals surface area (Å²) in [6.45, 7) is 3.64. The van der Waals surface area contributed by atoms with E-state index >= 15 is 0 Å². The van der Waals surface area contributed by atoms with Crippen molar-refractivity contribution in [2.75, 3.05) is 7.11 Å². The lowest BCUT2D eigenvalue weighted by Crippen LogP contribution is -2.46. The van der Waals surface area contributed by atoms with Crippen LogP contribution in [0.2, 0.25) is 0 Å². The fraction of sp³-hybridized carbons (Fsp3) is 0.222. The predicted molar refractivity (Wildman–Crippen MR) is 131 cm³/mol. The molecule has 3 aromatic carbocycles. The summed E-state index contributed by atoms with van der Waals surface area (Å²) < 4.78 is 21.4. The minimum absolute atomic E-state index is 0.0794. The maximum absolute atomic E-state index is 12.9. The molecule has 1 N–H and O–H groups in total. The molecule has 1 heterocycles. The Hall–Kier alpha value is -4.33. The lowest BCUT2D eigenvalue weighted by Gasteiger charge is -2.20. The molecule has 180 valence electrons. The number of rotatable bonds is 7. The van der Waals surface area contributed by atoms with Crippen molar-refractivity contribution >= 4 is 33.8 Å². The zero-order chi connectivity index (χ0) is 24.9. The van der Waals surface area contributed by atoms with Gasteiger partial charge < -0.3 is 23.9 Å². The summed E-state index contributed by atoms with van der Waals surface area (Å²) >= 11 is 0. The first-order valence-electron chi connectivity index (χ1n) is 11.1. The SMILES string of the molecule is COc1ccc2c(c1)c(=O)oc1cc(OC(=O)[C@@H](NC(=O)OCc3ccccc3)C(C)C)ccc12. The number of esters is 1. The van der Waals surface area contributed by atoms with Gasteiger partial charge in [0.15, 0.2) is 0 Å². The van der Waals surface area contributed by atoms with E-state index in [1.54, 1.807) is 44.2 Å². The molecule has 0 aliphatic heterocycles. The van der Waals surface area contributed by atoms with Crippen molar-refractivity contribution in [3.05, 3.63) is 82.7 Å². The molecule has 1 amide bonds. The maximum atomic E-state index is 12.9. The van der Waals surface area contributed by atoms with Gasteiger partial charge in [-0.3, -0.25) is 0 Å². The van der Waals surface area contributed by atoms with Gasteiger partial charge in [0.2, 0.25) is 0 Å². The Morgan fingerprint density at radius 3 is 2.34 bits per heavy atom. The topological polar surface area (TPSA) is 104 Å². The van der Waals surface area contributed by atoms with Crippen LogP contribution < -0.4 is 20.4 Å². The van der Waals surface area contributed by atoms with Crippen LogP contribution in [0.5, 0.6) is 11.5 Å². The Balaban J connectivity index is 1.50. The van der Waals surface area contributed by atoms with E-state index in [1.165, 1.54) is 13.2 Å². The van der Waals surface area contributed by atoms with Gasteiger partial charge in [0.05, 0.1) is 12.5 Å². The van der Waals surface area contributed by atoms with Gasteiger partial charge in [-0.2, -0.15) is 0 Å². The number of fused-ring (bicyclic) bond motifs is 3. The highest BCUT2D eigenvalue weighted by atomic mass is 16.6. The number of benzene rings is 3. The first-order chi connectivity index (χ1) is 16.9. The number of carbonyl (C=O) groups excluding carboxylic acids is 2. The minimum atomic E-state index is -0.940. The second-order valence-electron chi connectivity index (χ2n) is 8.31. The maximum Gasteiger partial charge on any atom is 0.408 e. The van der Waals surface area contributed by atoms with Crippen molar-refractivity contribution in [2.24, 2.45) is 5.92 Å². The first-order valence-corrected chi connectivity index (χ1v) is 11.1. The van der Waals surface area contributed by atoms with E-state index in [0.29, 0.717) is 21.9 Å². The van der Waals surface area contributed by atoms with Crippen LogP contribution in [-0.2, 0) is 16.1 Å². The summed E-state index contributed by atoms with van der Waals surface area (Å²) in [5.41, 5.74) is 0.571. The molecule has 4 rings (SSSR count). The molecule has 35 heavy (non-hydrogen) atoms. The Labute approximate surface area is 201 Å². The van der Waals surface area contributed by atoms with Crippen LogP contribution in [0, 0.1) is 5.92 Å². The molecular formula is C27H25NO7. The second kappa shape index (κ2) is 10.3. The van der Waals surface area contributed by atoms with Crippen molar-refractivity contribution in [1.29, 1.82) is 0 Å². The Morgan fingerprint density at radius 1 is 0.914 bits per heavy atom. The molecule has 0 saturated carbocycles. The first kappa shape index (κ1) is 23.8. The summed E-state index contributed by atoms with van der Waals surface area (Å²) in [5, 5.41) is 4.33. The van der Waals surface area contributed by atoms with Crippen LogP contribution in [-0.4, -0.2) is 25.2 Å².